The number of rotatable bonds is 10. The number of amidine groups is 1. The number of nitrogens with zero attached hydrogens (tertiary/aromatic N) is 3. The Morgan fingerprint density at radius 3 is 2.77 bits per heavy atom. The third-order valence-corrected chi connectivity index (χ3v) is 6.94. The molecule has 7 N–H and O–H groups in total. The molecule has 1 aliphatic heterocycles. The van der Waals surface area contributed by atoms with Crippen molar-refractivity contribution in [2.45, 2.75) is 32.0 Å². The van der Waals surface area contributed by atoms with Gasteiger partial charge >= 0.3 is 0 Å². The van der Waals surface area contributed by atoms with Crippen LogP contribution in [0.15, 0.2) is 47.6 Å². The second-order valence-electron chi connectivity index (χ2n) is 9.12. The van der Waals surface area contributed by atoms with E-state index in [1.165, 1.54) is 23.2 Å². The Balaban J connectivity index is 1.50. The van der Waals surface area contributed by atoms with E-state index < -0.39 is 17.8 Å². The Morgan fingerprint density at radius 2 is 2.05 bits per heavy atom. The molecule has 1 unspecified atom stereocenters. The van der Waals surface area contributed by atoms with Gasteiger partial charge in [0.25, 0.3) is 5.91 Å². The third-order valence-electron chi connectivity index (χ3n) is 6.65. The van der Waals surface area contributed by atoms with Gasteiger partial charge < -0.3 is 25.3 Å². The highest BCUT2D eigenvalue weighted by Crippen LogP contribution is 2.27. The highest BCUT2D eigenvalue weighted by atomic mass is 35.5. The number of aliphatic imine (C=N–C) groups is 1. The maximum Gasteiger partial charge on any atom is 0.250 e. The second-order valence-corrected chi connectivity index (χ2v) is 9.53. The average molecular weight is 573 g/mol. The zero-order valence-electron chi connectivity index (χ0n) is 21.7. The Bertz CT molecular complexity index is 1460. The van der Waals surface area contributed by atoms with Gasteiger partial charge in [0.15, 0.2) is 5.84 Å². The molecule has 14 heteroatoms. The summed E-state index contributed by atoms with van der Waals surface area (Å²) in [5, 5.41) is 3.23. The summed E-state index contributed by atoms with van der Waals surface area (Å²) in [4.78, 5) is 44.0. The lowest BCUT2D eigenvalue weighted by molar-refractivity contribution is -0.138. The number of hydrogen-bond donors (Lipinski definition) is 5. The molecule has 2 aromatic carbocycles. The zero-order chi connectivity index (χ0) is 28.8. The van der Waals surface area contributed by atoms with E-state index in [1.807, 2.05) is 0 Å². The number of primary amides is 1. The van der Waals surface area contributed by atoms with Crippen LogP contribution < -0.4 is 32.6 Å². The van der Waals surface area contributed by atoms with Crippen molar-refractivity contribution in [3.05, 3.63) is 64.6 Å². The van der Waals surface area contributed by atoms with E-state index in [-0.39, 0.29) is 47.7 Å². The number of halogens is 2. The minimum absolute atomic E-state index is 0.0320. The second kappa shape index (κ2) is 12.8. The van der Waals surface area contributed by atoms with Crippen molar-refractivity contribution in [3.8, 4) is 5.75 Å². The van der Waals surface area contributed by atoms with Crippen LogP contribution in [0.2, 0.25) is 5.02 Å². The fourth-order valence-electron chi connectivity index (χ4n) is 4.64. The van der Waals surface area contributed by atoms with E-state index in [1.54, 1.807) is 35.9 Å². The molecule has 0 bridgehead atoms. The van der Waals surface area contributed by atoms with Gasteiger partial charge in [-0.2, -0.15) is 5.53 Å². The maximum atomic E-state index is 14.2. The van der Waals surface area contributed by atoms with Crippen LogP contribution in [0.1, 0.15) is 28.8 Å². The summed E-state index contributed by atoms with van der Waals surface area (Å²) < 4.78 is 21.6. The molecule has 3 aromatic rings. The molecule has 4 rings (SSSR count). The summed E-state index contributed by atoms with van der Waals surface area (Å²) in [6.07, 6.45) is 2.62. The summed E-state index contributed by atoms with van der Waals surface area (Å²) in [5.74, 6) is 4.22. The molecule has 0 spiro atoms. The number of hydrazine groups is 2. The van der Waals surface area contributed by atoms with Gasteiger partial charge in [0.2, 0.25) is 11.8 Å². The van der Waals surface area contributed by atoms with Crippen molar-refractivity contribution in [1.82, 2.24) is 25.7 Å². The van der Waals surface area contributed by atoms with E-state index >= 15 is 0 Å². The number of ether oxygens (including phenoxy) is 1. The number of fused-ring (bicyclic) bond motifs is 1. The van der Waals surface area contributed by atoms with Crippen molar-refractivity contribution in [2.24, 2.45) is 16.6 Å². The normalized spacial score (nSPS) is 15.3. The van der Waals surface area contributed by atoms with E-state index in [0.29, 0.717) is 41.9 Å². The summed E-state index contributed by atoms with van der Waals surface area (Å²) in [6.45, 7) is 0.274. The Hall–Kier alpha value is -4.20. The van der Waals surface area contributed by atoms with Crippen LogP contribution in [0.4, 0.5) is 4.39 Å². The number of carbonyl (C=O) groups is 3. The average Bonchev–Trinajstić information content (AvgIpc) is 3.57. The quantitative estimate of drug-likeness (QED) is 0.105. The monoisotopic (exact) mass is 572 g/mol. The molecule has 0 aliphatic carbocycles. The molecule has 1 aromatic heterocycles. The van der Waals surface area contributed by atoms with Gasteiger partial charge in [-0.25, -0.2) is 4.39 Å². The van der Waals surface area contributed by atoms with Crippen molar-refractivity contribution in [1.29, 1.82) is 0 Å². The Morgan fingerprint density at radius 1 is 1.25 bits per heavy atom. The van der Waals surface area contributed by atoms with Crippen LogP contribution in [-0.2, 0) is 22.7 Å². The molecule has 1 fully saturated rings. The maximum absolute atomic E-state index is 14.2. The van der Waals surface area contributed by atoms with Crippen molar-refractivity contribution in [3.63, 3.8) is 0 Å². The van der Waals surface area contributed by atoms with Gasteiger partial charge in [-0.1, -0.05) is 23.7 Å². The number of likely N-dealkylation sites (tertiary alicyclic amines) is 1. The largest absolute Gasteiger partial charge is 0.486 e. The van der Waals surface area contributed by atoms with Gasteiger partial charge in [0, 0.05) is 43.4 Å². The molecule has 3 amide bonds. The minimum Gasteiger partial charge on any atom is -0.486 e. The van der Waals surface area contributed by atoms with E-state index in [0.717, 1.165) is 0 Å². The SMILES string of the molecule is CN=C(COc1ccc2c(C(N)=O)cn(CC(=O)N3CCCC3C(=O)NCc3cccc(Cl)c3F)c2c1)NNN. The first-order valence-corrected chi connectivity index (χ1v) is 12.8. The van der Waals surface area contributed by atoms with Crippen LogP contribution in [-0.4, -0.2) is 59.3 Å². The smallest absolute Gasteiger partial charge is 0.250 e. The van der Waals surface area contributed by atoms with Crippen LogP contribution in [0.5, 0.6) is 5.75 Å². The molecule has 212 valence electrons. The van der Waals surface area contributed by atoms with Gasteiger partial charge in [-0.3, -0.25) is 30.6 Å². The number of carbonyl (C=O) groups excluding carboxylic acids is 3. The van der Waals surface area contributed by atoms with Crippen LogP contribution in [0.25, 0.3) is 10.9 Å². The van der Waals surface area contributed by atoms with Crippen LogP contribution >= 0.6 is 11.6 Å². The van der Waals surface area contributed by atoms with E-state index in [2.05, 4.69) is 21.3 Å². The molecule has 40 heavy (non-hydrogen) atoms. The lowest BCUT2D eigenvalue weighted by Crippen LogP contribution is -2.46. The highest BCUT2D eigenvalue weighted by Gasteiger charge is 2.34. The summed E-state index contributed by atoms with van der Waals surface area (Å²) in [6, 6.07) is 8.90. The lowest BCUT2D eigenvalue weighted by atomic mass is 10.1. The molecule has 12 nitrogen and oxygen atoms in total. The van der Waals surface area contributed by atoms with Crippen LogP contribution in [0.3, 0.4) is 0 Å². The molecule has 1 aliphatic rings. The molecular formula is C26H30ClFN8O4. The van der Waals surface area contributed by atoms with Gasteiger partial charge in [-0.15, -0.1) is 0 Å². The lowest BCUT2D eigenvalue weighted by Gasteiger charge is -2.24. The number of benzene rings is 2. The van der Waals surface area contributed by atoms with Crippen molar-refractivity contribution < 1.29 is 23.5 Å². The minimum atomic E-state index is -0.707. The van der Waals surface area contributed by atoms with E-state index in [4.69, 9.17) is 27.9 Å². The standard InChI is InChI=1S/C26H30ClFN8O4/c1-31-22(33-34-30)14-40-16-7-8-17-18(25(29)38)12-35(21(17)10-16)13-23(37)36-9-3-6-20(36)26(39)32-11-15-4-2-5-19(27)24(15)28/h2,4-5,7-8,10,12,20,34H,3,6,9,11,13-14,30H2,1H3,(H2,29,38)(H,31,33)(H,32,39). The van der Waals surface area contributed by atoms with Crippen molar-refractivity contribution >= 4 is 46.1 Å². The fraction of sp³-hybridized carbons (Fsp3) is 0.308. The molecule has 2 heterocycles. The fourth-order valence-corrected chi connectivity index (χ4v) is 4.83. The zero-order valence-corrected chi connectivity index (χ0v) is 22.5. The van der Waals surface area contributed by atoms with Gasteiger partial charge in [0.1, 0.15) is 30.8 Å². The number of nitrogens with one attached hydrogen (secondary N) is 3. The van der Waals surface area contributed by atoms with E-state index in [9.17, 15) is 18.8 Å². The molecule has 1 atom stereocenters. The molecular weight excluding hydrogens is 543 g/mol. The van der Waals surface area contributed by atoms with Gasteiger partial charge in [-0.05, 0) is 31.0 Å². The Kier molecular flexibility index (Phi) is 9.19. The first-order chi connectivity index (χ1) is 19.2. The topological polar surface area (TPSA) is 169 Å². The van der Waals surface area contributed by atoms with Crippen LogP contribution in [0, 0.1) is 5.82 Å². The number of amides is 3. The summed E-state index contributed by atoms with van der Waals surface area (Å²) >= 11 is 5.83. The molecule has 0 radical (unpaired) electrons. The predicted molar refractivity (Wildman–Crippen MR) is 148 cm³/mol. The number of hydrogen-bond acceptors (Lipinski definition) is 7. The van der Waals surface area contributed by atoms with Gasteiger partial charge in [0.05, 0.1) is 16.1 Å². The summed E-state index contributed by atoms with van der Waals surface area (Å²) in [5.41, 5.74) is 11.6. The predicted octanol–water partition coefficient (Wildman–Crippen LogP) is 1.22. The Labute approximate surface area is 234 Å². The van der Waals surface area contributed by atoms with Crippen molar-refractivity contribution in [2.75, 3.05) is 20.2 Å². The molecule has 1 saturated heterocycles. The third kappa shape index (κ3) is 6.33. The first-order valence-electron chi connectivity index (χ1n) is 12.5. The molecule has 0 saturated carbocycles. The first kappa shape index (κ1) is 28.8. The summed E-state index contributed by atoms with van der Waals surface area (Å²) in [7, 11) is 1.57. The highest BCUT2D eigenvalue weighted by molar-refractivity contribution is 6.30. The number of aromatic nitrogens is 1. The number of nitrogens with two attached hydrogens (primary N) is 2.